The molecule has 1 aliphatic carbocycles. The van der Waals surface area contributed by atoms with E-state index in [1.54, 1.807) is 0 Å². The third-order valence-corrected chi connectivity index (χ3v) is 16.9. The average molecular weight is 1060 g/mol. The first-order valence-corrected chi connectivity index (χ1v) is 28.8. The topological polar surface area (TPSA) is 17.4 Å². The van der Waals surface area contributed by atoms with Gasteiger partial charge in [0.05, 0.1) is 17.6 Å². The third-order valence-electron chi connectivity index (χ3n) is 16.9. The van der Waals surface area contributed by atoms with E-state index in [1.165, 1.54) is 83.0 Å². The molecule has 398 valence electrons. The van der Waals surface area contributed by atoms with Crippen LogP contribution in [0.1, 0.15) is 73.4 Å². The lowest BCUT2D eigenvalue weighted by Gasteiger charge is -2.34. The molecule has 13 rings (SSSR count). The van der Waals surface area contributed by atoms with E-state index >= 15 is 0 Å². The first-order chi connectivity index (χ1) is 40.2. The molecule has 82 heavy (non-hydrogen) atoms. The van der Waals surface area contributed by atoms with E-state index in [0.29, 0.717) is 6.61 Å². The molecule has 0 spiro atoms. The molecule has 1 atom stereocenters. The van der Waals surface area contributed by atoms with Gasteiger partial charge in [0.1, 0.15) is 5.75 Å². The predicted octanol–water partition coefficient (Wildman–Crippen LogP) is 21.4. The molecule has 11 aromatic carbocycles. The van der Waals surface area contributed by atoms with Gasteiger partial charge in [-0.25, -0.2) is 0 Å². The predicted molar refractivity (Wildman–Crippen MR) is 348 cm³/mol. The zero-order chi connectivity index (χ0) is 55.8. The summed E-state index contributed by atoms with van der Waals surface area (Å²) in [6, 6.07) is 96.3. The standard InChI is InChI=1S/C79H66N2O/c1-6-55-24-28-59(29-25-55)61-36-48-76-72(52-61)73-53-62(37-49-77(73)81(76)65-20-12-9-13-21-65)60-34-42-67(43-35-60)80(66-40-32-58(33-41-66)57-30-38-63(39-31-57)78(3,4)5)68-44-47-71-70-22-14-15-23-74(70)79(75(71)54-68,64-18-10-8-11-19-64)50-16-17-51-82-69-45-26-56(7-2)27-46-69/h6-15,18-49,52-54H,1-2,16-17,50-51H2,3-5H3. The summed E-state index contributed by atoms with van der Waals surface area (Å²) in [6.45, 7) is 15.3. The zero-order valence-electron chi connectivity index (χ0n) is 47.0. The lowest BCUT2D eigenvalue weighted by atomic mass is 9.69. The molecule has 0 aliphatic heterocycles. The van der Waals surface area contributed by atoms with E-state index in [-0.39, 0.29) is 10.8 Å². The van der Waals surface area contributed by atoms with Gasteiger partial charge in [-0.1, -0.05) is 222 Å². The first kappa shape index (κ1) is 51.7. The number of unbranched alkanes of at least 4 members (excludes halogenated alkanes) is 1. The zero-order valence-corrected chi connectivity index (χ0v) is 47.0. The largest absolute Gasteiger partial charge is 0.494 e. The number of rotatable bonds is 16. The van der Waals surface area contributed by atoms with Crippen molar-refractivity contribution in [3.05, 3.63) is 307 Å². The molecule has 1 unspecified atom stereocenters. The molecular formula is C79H66N2O. The second-order valence-corrected chi connectivity index (χ2v) is 22.8. The van der Waals surface area contributed by atoms with Gasteiger partial charge in [-0.3, -0.25) is 0 Å². The highest BCUT2D eigenvalue weighted by Crippen LogP contribution is 2.56. The maximum absolute atomic E-state index is 6.32. The maximum Gasteiger partial charge on any atom is 0.119 e. The fraction of sp³-hybridized carbons (Fsp3) is 0.114. The Kier molecular flexibility index (Phi) is 13.7. The average Bonchev–Trinajstić information content (AvgIpc) is 2.11. The number of para-hydroxylation sites is 1. The van der Waals surface area contributed by atoms with Gasteiger partial charge in [-0.15, -0.1) is 0 Å². The Morgan fingerprint density at radius 2 is 0.915 bits per heavy atom. The highest BCUT2D eigenvalue weighted by atomic mass is 16.5. The minimum atomic E-state index is -0.382. The first-order valence-electron chi connectivity index (χ1n) is 28.8. The van der Waals surface area contributed by atoms with E-state index in [0.717, 1.165) is 64.5 Å². The van der Waals surface area contributed by atoms with Crippen LogP contribution in [0.4, 0.5) is 17.1 Å². The normalized spacial score (nSPS) is 13.6. The summed E-state index contributed by atoms with van der Waals surface area (Å²) in [5.41, 5.74) is 23.7. The molecule has 0 N–H and O–H groups in total. The van der Waals surface area contributed by atoms with Gasteiger partial charge in [0, 0.05) is 38.9 Å². The van der Waals surface area contributed by atoms with Crippen molar-refractivity contribution in [2.75, 3.05) is 11.5 Å². The van der Waals surface area contributed by atoms with Crippen LogP contribution in [0.3, 0.4) is 0 Å². The number of nitrogens with zero attached hydrogens (tertiary/aromatic N) is 2. The molecule has 0 saturated carbocycles. The number of hydrogen-bond acceptors (Lipinski definition) is 2. The van der Waals surface area contributed by atoms with Crippen LogP contribution < -0.4 is 9.64 Å². The molecule has 1 aliphatic rings. The van der Waals surface area contributed by atoms with Crippen LogP contribution in [-0.4, -0.2) is 11.2 Å². The quantitative estimate of drug-likeness (QED) is 0.0898. The van der Waals surface area contributed by atoms with Crippen LogP contribution in [0.25, 0.3) is 84.2 Å². The van der Waals surface area contributed by atoms with Gasteiger partial charge < -0.3 is 14.2 Å². The summed E-state index contributed by atoms with van der Waals surface area (Å²) in [5, 5.41) is 2.43. The van der Waals surface area contributed by atoms with Gasteiger partial charge in [0.15, 0.2) is 0 Å². The van der Waals surface area contributed by atoms with Crippen molar-refractivity contribution in [1.29, 1.82) is 0 Å². The second kappa shape index (κ2) is 21.7. The number of anilines is 3. The summed E-state index contributed by atoms with van der Waals surface area (Å²) >= 11 is 0. The Hall–Kier alpha value is -9.70. The highest BCUT2D eigenvalue weighted by molar-refractivity contribution is 6.11. The molecular weight excluding hydrogens is 993 g/mol. The van der Waals surface area contributed by atoms with Crippen molar-refractivity contribution in [1.82, 2.24) is 4.57 Å². The molecule has 3 heteroatoms. The lowest BCUT2D eigenvalue weighted by Crippen LogP contribution is -2.27. The van der Waals surface area contributed by atoms with Crippen LogP contribution in [0, 0.1) is 0 Å². The maximum atomic E-state index is 6.32. The fourth-order valence-corrected chi connectivity index (χ4v) is 12.6. The van der Waals surface area contributed by atoms with Crippen LogP contribution in [0.5, 0.6) is 5.75 Å². The van der Waals surface area contributed by atoms with E-state index in [2.05, 4.69) is 292 Å². The summed E-state index contributed by atoms with van der Waals surface area (Å²) < 4.78 is 8.72. The van der Waals surface area contributed by atoms with E-state index in [4.69, 9.17) is 4.74 Å². The highest BCUT2D eigenvalue weighted by Gasteiger charge is 2.44. The van der Waals surface area contributed by atoms with Crippen molar-refractivity contribution in [2.45, 2.75) is 50.9 Å². The van der Waals surface area contributed by atoms with Crippen LogP contribution in [-0.2, 0) is 10.8 Å². The van der Waals surface area contributed by atoms with Crippen LogP contribution in [0.15, 0.2) is 274 Å². The number of ether oxygens (including phenoxy) is 1. The third kappa shape index (κ3) is 9.62. The Bertz CT molecular complexity index is 4260. The smallest absolute Gasteiger partial charge is 0.119 e. The van der Waals surface area contributed by atoms with Crippen LogP contribution in [0.2, 0.25) is 0 Å². The molecule has 1 aromatic heterocycles. The summed E-state index contributed by atoms with van der Waals surface area (Å²) in [7, 11) is 0. The fourth-order valence-electron chi connectivity index (χ4n) is 12.6. The summed E-state index contributed by atoms with van der Waals surface area (Å²) in [4.78, 5) is 2.44. The van der Waals surface area contributed by atoms with Crippen LogP contribution >= 0.6 is 0 Å². The second-order valence-electron chi connectivity index (χ2n) is 22.8. The molecule has 12 aromatic rings. The number of aromatic nitrogens is 1. The molecule has 3 nitrogen and oxygen atoms in total. The molecule has 1 heterocycles. The number of hydrogen-bond donors (Lipinski definition) is 0. The Morgan fingerprint density at radius 1 is 0.439 bits per heavy atom. The van der Waals surface area contributed by atoms with Gasteiger partial charge in [-0.2, -0.15) is 0 Å². The van der Waals surface area contributed by atoms with Crippen molar-refractivity contribution in [3.63, 3.8) is 0 Å². The lowest BCUT2D eigenvalue weighted by molar-refractivity contribution is 0.301. The molecule has 0 fully saturated rings. The Morgan fingerprint density at radius 3 is 1.49 bits per heavy atom. The Balaban J connectivity index is 0.904. The van der Waals surface area contributed by atoms with Gasteiger partial charge in [0.2, 0.25) is 0 Å². The van der Waals surface area contributed by atoms with Gasteiger partial charge >= 0.3 is 0 Å². The van der Waals surface area contributed by atoms with E-state index in [1.807, 2.05) is 24.3 Å². The monoisotopic (exact) mass is 1060 g/mol. The minimum Gasteiger partial charge on any atom is -0.494 e. The Labute approximate surface area is 483 Å². The molecule has 0 saturated heterocycles. The molecule has 0 bridgehead atoms. The SMILES string of the molecule is C=Cc1ccc(OCCCCC2(c3ccccc3)c3ccccc3-c3ccc(N(c4ccc(-c5ccc(C(C)(C)C)cc5)cc4)c4ccc(-c5ccc6c(c5)c5cc(-c7ccc(C=C)cc7)ccc5n6-c5ccccc5)cc4)cc32)cc1. The minimum absolute atomic E-state index is 0.0833. The summed E-state index contributed by atoms with van der Waals surface area (Å²) in [5.74, 6) is 0.887. The van der Waals surface area contributed by atoms with Crippen molar-refractivity contribution in [2.24, 2.45) is 0 Å². The van der Waals surface area contributed by atoms with Crippen molar-refractivity contribution in [3.8, 4) is 55.9 Å². The van der Waals surface area contributed by atoms with Gasteiger partial charge in [0.25, 0.3) is 0 Å². The number of benzene rings is 11. The van der Waals surface area contributed by atoms with Crippen molar-refractivity contribution >= 4 is 51.0 Å². The molecule has 0 radical (unpaired) electrons. The van der Waals surface area contributed by atoms with Gasteiger partial charge in [-0.05, 0) is 187 Å². The molecule has 0 amide bonds. The number of fused-ring (bicyclic) bond motifs is 6. The van der Waals surface area contributed by atoms with E-state index in [9.17, 15) is 0 Å². The summed E-state index contributed by atoms with van der Waals surface area (Å²) in [6.07, 6.45) is 6.59. The van der Waals surface area contributed by atoms with Crippen molar-refractivity contribution < 1.29 is 4.74 Å². The van der Waals surface area contributed by atoms with E-state index < -0.39 is 0 Å².